The van der Waals surface area contributed by atoms with E-state index >= 15 is 0 Å². The first-order chi connectivity index (χ1) is 9.31. The van der Waals surface area contributed by atoms with Crippen molar-refractivity contribution in [2.75, 3.05) is 19.7 Å². The average Bonchev–Trinajstić information content (AvgIpc) is 2.93. The van der Waals surface area contributed by atoms with Gasteiger partial charge < -0.3 is 10.1 Å². The van der Waals surface area contributed by atoms with Gasteiger partial charge in [0.2, 0.25) is 0 Å². The molecule has 0 bridgehead atoms. The van der Waals surface area contributed by atoms with E-state index in [2.05, 4.69) is 23.3 Å². The van der Waals surface area contributed by atoms with E-state index in [0.29, 0.717) is 5.92 Å². The Morgan fingerprint density at radius 2 is 2.16 bits per heavy atom. The molecule has 4 nitrogen and oxygen atoms in total. The lowest BCUT2D eigenvalue weighted by Crippen LogP contribution is -2.40. The van der Waals surface area contributed by atoms with E-state index in [-0.39, 0.29) is 6.10 Å². The molecule has 19 heavy (non-hydrogen) atoms. The van der Waals surface area contributed by atoms with Crippen LogP contribution in [0.1, 0.15) is 48.8 Å². The molecule has 1 saturated heterocycles. The Morgan fingerprint density at radius 1 is 1.32 bits per heavy atom. The quantitative estimate of drug-likeness (QED) is 0.903. The van der Waals surface area contributed by atoms with Crippen LogP contribution in [-0.2, 0) is 11.2 Å². The fraction of sp³-hybridized carbons (Fsp3) is 0.733. The van der Waals surface area contributed by atoms with Crippen molar-refractivity contribution in [1.82, 2.24) is 15.3 Å². The molecule has 1 unspecified atom stereocenters. The molecule has 1 saturated carbocycles. The predicted octanol–water partition coefficient (Wildman–Crippen LogP) is 1.97. The van der Waals surface area contributed by atoms with Crippen LogP contribution in [0.3, 0.4) is 0 Å². The number of hydrogen-bond acceptors (Lipinski definition) is 4. The van der Waals surface area contributed by atoms with E-state index in [0.717, 1.165) is 37.6 Å². The molecule has 104 valence electrons. The molecular formula is C15H23N3O. The van der Waals surface area contributed by atoms with Gasteiger partial charge in [-0.3, -0.25) is 0 Å². The zero-order chi connectivity index (χ0) is 13.1. The normalized spacial score (nSPS) is 24.8. The summed E-state index contributed by atoms with van der Waals surface area (Å²) in [5.74, 6) is 1.61. The molecule has 0 amide bonds. The van der Waals surface area contributed by atoms with Gasteiger partial charge in [0, 0.05) is 36.8 Å². The molecule has 1 aliphatic carbocycles. The molecule has 4 heteroatoms. The summed E-state index contributed by atoms with van der Waals surface area (Å²) in [5.41, 5.74) is 2.35. The van der Waals surface area contributed by atoms with Gasteiger partial charge >= 0.3 is 0 Å². The molecule has 1 N–H and O–H groups in total. The Bertz CT molecular complexity index is 423. The van der Waals surface area contributed by atoms with Gasteiger partial charge in [-0.2, -0.15) is 0 Å². The lowest BCUT2D eigenvalue weighted by atomic mass is 10.0. The van der Waals surface area contributed by atoms with E-state index in [1.807, 2.05) is 0 Å². The SMILES string of the molecule is Cc1cc(C2CCCC2)nc(CC2CNCCO2)n1. The van der Waals surface area contributed by atoms with Crippen molar-refractivity contribution in [1.29, 1.82) is 0 Å². The van der Waals surface area contributed by atoms with Crippen LogP contribution in [0.5, 0.6) is 0 Å². The van der Waals surface area contributed by atoms with E-state index in [4.69, 9.17) is 9.72 Å². The number of nitrogens with one attached hydrogen (secondary N) is 1. The van der Waals surface area contributed by atoms with Crippen LogP contribution in [-0.4, -0.2) is 35.8 Å². The topological polar surface area (TPSA) is 47.0 Å². The van der Waals surface area contributed by atoms with E-state index in [9.17, 15) is 0 Å². The van der Waals surface area contributed by atoms with Gasteiger partial charge in [0.1, 0.15) is 5.82 Å². The largest absolute Gasteiger partial charge is 0.375 e. The maximum Gasteiger partial charge on any atom is 0.131 e. The molecule has 2 aliphatic rings. The van der Waals surface area contributed by atoms with Gasteiger partial charge in [0.15, 0.2) is 0 Å². The number of nitrogens with zero attached hydrogens (tertiary/aromatic N) is 2. The van der Waals surface area contributed by atoms with Crippen molar-refractivity contribution in [3.8, 4) is 0 Å². The Hall–Kier alpha value is -1.00. The average molecular weight is 261 g/mol. The van der Waals surface area contributed by atoms with Crippen LogP contribution in [0, 0.1) is 6.92 Å². The third-order valence-corrected chi connectivity index (χ3v) is 4.11. The summed E-state index contributed by atoms with van der Waals surface area (Å²) in [5, 5.41) is 3.36. The standard InChI is InChI=1S/C15H23N3O/c1-11-8-14(12-4-2-3-5-12)18-15(17-11)9-13-10-16-6-7-19-13/h8,12-13,16H,2-7,9-10H2,1H3. The zero-order valence-corrected chi connectivity index (χ0v) is 11.7. The Labute approximate surface area is 115 Å². The maximum absolute atomic E-state index is 5.74. The highest BCUT2D eigenvalue weighted by atomic mass is 16.5. The summed E-state index contributed by atoms with van der Waals surface area (Å²) in [6, 6.07) is 2.17. The number of aryl methyl sites for hydroxylation is 1. The molecule has 1 aromatic heterocycles. The van der Waals surface area contributed by atoms with Gasteiger partial charge in [-0.25, -0.2) is 9.97 Å². The molecule has 0 radical (unpaired) electrons. The van der Waals surface area contributed by atoms with Crippen LogP contribution >= 0.6 is 0 Å². The van der Waals surface area contributed by atoms with E-state index in [1.54, 1.807) is 0 Å². The summed E-state index contributed by atoms with van der Waals surface area (Å²) in [7, 11) is 0. The van der Waals surface area contributed by atoms with Gasteiger partial charge in [-0.05, 0) is 25.8 Å². The molecule has 1 aromatic rings. The van der Waals surface area contributed by atoms with Crippen molar-refractivity contribution in [2.45, 2.75) is 51.0 Å². The monoisotopic (exact) mass is 261 g/mol. The minimum atomic E-state index is 0.229. The molecule has 0 aromatic carbocycles. The second kappa shape index (κ2) is 5.97. The highest BCUT2D eigenvalue weighted by Gasteiger charge is 2.21. The first-order valence-electron chi connectivity index (χ1n) is 7.48. The minimum absolute atomic E-state index is 0.229. The van der Waals surface area contributed by atoms with Gasteiger partial charge in [0.05, 0.1) is 12.7 Å². The number of rotatable bonds is 3. The summed E-state index contributed by atoms with van der Waals surface area (Å²) in [6.07, 6.45) is 6.33. The maximum atomic E-state index is 5.74. The first-order valence-corrected chi connectivity index (χ1v) is 7.48. The minimum Gasteiger partial charge on any atom is -0.375 e. The summed E-state index contributed by atoms with van der Waals surface area (Å²) in [6.45, 7) is 4.74. The molecule has 0 spiro atoms. The van der Waals surface area contributed by atoms with Crippen molar-refractivity contribution in [3.05, 3.63) is 23.3 Å². The molecule has 2 fully saturated rings. The number of aromatic nitrogens is 2. The molecular weight excluding hydrogens is 238 g/mol. The lowest BCUT2D eigenvalue weighted by Gasteiger charge is -2.23. The molecule has 1 aliphatic heterocycles. The summed E-state index contributed by atoms with van der Waals surface area (Å²) >= 11 is 0. The van der Waals surface area contributed by atoms with Crippen molar-refractivity contribution in [3.63, 3.8) is 0 Å². The van der Waals surface area contributed by atoms with Gasteiger partial charge in [-0.15, -0.1) is 0 Å². The molecule has 3 rings (SSSR count). The van der Waals surface area contributed by atoms with Crippen LogP contribution in [0.2, 0.25) is 0 Å². The van der Waals surface area contributed by atoms with E-state index in [1.165, 1.54) is 31.4 Å². The van der Waals surface area contributed by atoms with Gasteiger partial charge in [-0.1, -0.05) is 12.8 Å². The third-order valence-electron chi connectivity index (χ3n) is 4.11. The molecule has 1 atom stereocenters. The Morgan fingerprint density at radius 3 is 2.89 bits per heavy atom. The van der Waals surface area contributed by atoms with Crippen molar-refractivity contribution >= 4 is 0 Å². The molecule has 2 heterocycles. The Kier molecular flexibility index (Phi) is 4.09. The second-order valence-corrected chi connectivity index (χ2v) is 5.73. The fourth-order valence-electron chi connectivity index (χ4n) is 3.13. The fourth-order valence-corrected chi connectivity index (χ4v) is 3.13. The summed E-state index contributed by atoms with van der Waals surface area (Å²) in [4.78, 5) is 9.37. The smallest absolute Gasteiger partial charge is 0.131 e. The number of ether oxygens (including phenoxy) is 1. The van der Waals surface area contributed by atoms with Crippen molar-refractivity contribution in [2.24, 2.45) is 0 Å². The predicted molar refractivity (Wildman–Crippen MR) is 74.3 cm³/mol. The number of hydrogen-bond donors (Lipinski definition) is 1. The highest BCUT2D eigenvalue weighted by molar-refractivity contribution is 5.15. The van der Waals surface area contributed by atoms with Crippen LogP contribution in [0.4, 0.5) is 0 Å². The Balaban J connectivity index is 1.73. The van der Waals surface area contributed by atoms with Gasteiger partial charge in [0.25, 0.3) is 0 Å². The van der Waals surface area contributed by atoms with Crippen LogP contribution in [0.25, 0.3) is 0 Å². The third kappa shape index (κ3) is 3.31. The first kappa shape index (κ1) is 13.0. The van der Waals surface area contributed by atoms with Crippen LogP contribution in [0.15, 0.2) is 6.07 Å². The zero-order valence-electron chi connectivity index (χ0n) is 11.7. The van der Waals surface area contributed by atoms with Crippen molar-refractivity contribution < 1.29 is 4.74 Å². The number of morpholine rings is 1. The van der Waals surface area contributed by atoms with E-state index < -0.39 is 0 Å². The summed E-state index contributed by atoms with van der Waals surface area (Å²) < 4.78 is 5.74. The van der Waals surface area contributed by atoms with Crippen LogP contribution < -0.4 is 5.32 Å². The highest BCUT2D eigenvalue weighted by Crippen LogP contribution is 2.33. The lowest BCUT2D eigenvalue weighted by molar-refractivity contribution is 0.0280. The second-order valence-electron chi connectivity index (χ2n) is 5.73.